The number of carbonyl (C=O) groups is 1. The lowest BCUT2D eigenvalue weighted by atomic mass is 10.3. The van der Waals surface area contributed by atoms with Crippen molar-refractivity contribution in [1.29, 1.82) is 0 Å². The number of rotatable bonds is 4. The Hall–Kier alpha value is -0.610. The monoisotopic (exact) mass is 199 g/mol. The fourth-order valence-corrected chi connectivity index (χ4v) is 1.85. The van der Waals surface area contributed by atoms with Gasteiger partial charge in [0, 0.05) is 25.7 Å². The van der Waals surface area contributed by atoms with Crippen LogP contribution in [0, 0.1) is 0 Å². The zero-order chi connectivity index (χ0) is 10.6. The maximum absolute atomic E-state index is 11.7. The molecule has 0 aromatic heterocycles. The van der Waals surface area contributed by atoms with Crippen molar-refractivity contribution < 1.29 is 4.79 Å². The first-order valence-electron chi connectivity index (χ1n) is 5.31. The van der Waals surface area contributed by atoms with E-state index >= 15 is 0 Å². The molecule has 0 aromatic carbocycles. The number of nitrogens with two attached hydrogens (primary N) is 1. The smallest absolute Gasteiger partial charge is 0.236 e. The van der Waals surface area contributed by atoms with Gasteiger partial charge in [0.25, 0.3) is 0 Å². The van der Waals surface area contributed by atoms with Gasteiger partial charge in [-0.15, -0.1) is 0 Å². The first kappa shape index (κ1) is 11.5. The average Bonchev–Trinajstić information content (AvgIpc) is 2.53. The van der Waals surface area contributed by atoms with E-state index < -0.39 is 0 Å². The van der Waals surface area contributed by atoms with Crippen LogP contribution in [0.1, 0.15) is 19.8 Å². The third-order valence-electron chi connectivity index (χ3n) is 2.46. The Morgan fingerprint density at radius 3 is 2.57 bits per heavy atom. The van der Waals surface area contributed by atoms with Crippen LogP contribution in [0.5, 0.6) is 0 Å². The summed E-state index contributed by atoms with van der Waals surface area (Å²) in [5.41, 5.74) is 5.66. The third kappa shape index (κ3) is 3.64. The second kappa shape index (κ2) is 5.32. The molecule has 14 heavy (non-hydrogen) atoms. The number of amides is 1. The molecular weight excluding hydrogens is 178 g/mol. The van der Waals surface area contributed by atoms with Crippen molar-refractivity contribution in [3.8, 4) is 0 Å². The van der Waals surface area contributed by atoms with E-state index in [0.29, 0.717) is 6.54 Å². The van der Waals surface area contributed by atoms with Gasteiger partial charge in [0.2, 0.25) is 5.91 Å². The Balaban J connectivity index is 2.25. The number of likely N-dealkylation sites (N-methyl/N-ethyl adjacent to an activating group) is 1. The quantitative estimate of drug-likeness (QED) is 0.687. The summed E-state index contributed by atoms with van der Waals surface area (Å²) in [6.45, 7) is 5.10. The van der Waals surface area contributed by atoms with Crippen LogP contribution >= 0.6 is 0 Å². The van der Waals surface area contributed by atoms with Crippen molar-refractivity contribution in [3.63, 3.8) is 0 Å². The van der Waals surface area contributed by atoms with E-state index in [4.69, 9.17) is 5.73 Å². The van der Waals surface area contributed by atoms with Crippen LogP contribution in [0.25, 0.3) is 0 Å². The van der Waals surface area contributed by atoms with E-state index in [-0.39, 0.29) is 11.9 Å². The molecule has 1 aliphatic heterocycles. The average molecular weight is 199 g/mol. The molecule has 2 N–H and O–H groups in total. The van der Waals surface area contributed by atoms with Gasteiger partial charge in [-0.05, 0) is 26.8 Å². The van der Waals surface area contributed by atoms with Crippen LogP contribution in [-0.4, -0.2) is 55.0 Å². The summed E-state index contributed by atoms with van der Waals surface area (Å²) < 4.78 is 0. The Morgan fingerprint density at radius 1 is 1.50 bits per heavy atom. The summed E-state index contributed by atoms with van der Waals surface area (Å²) in [6.07, 6.45) is 2.31. The number of hydrogen-bond donors (Lipinski definition) is 1. The summed E-state index contributed by atoms with van der Waals surface area (Å²) in [5, 5.41) is 0. The van der Waals surface area contributed by atoms with Crippen molar-refractivity contribution in [2.45, 2.75) is 25.8 Å². The molecular formula is C10H21N3O. The lowest BCUT2D eigenvalue weighted by Gasteiger charge is -2.22. The van der Waals surface area contributed by atoms with Gasteiger partial charge in [0.1, 0.15) is 0 Å². The summed E-state index contributed by atoms with van der Waals surface area (Å²) in [5.74, 6) is 0.241. The van der Waals surface area contributed by atoms with Gasteiger partial charge < -0.3 is 10.6 Å². The van der Waals surface area contributed by atoms with E-state index in [0.717, 1.165) is 32.5 Å². The molecule has 1 heterocycles. The molecule has 0 bridgehead atoms. The molecule has 1 unspecified atom stereocenters. The second-order valence-corrected chi connectivity index (χ2v) is 4.26. The number of carbonyl (C=O) groups excluding carboxylic acids is 1. The Bertz CT molecular complexity index is 188. The highest BCUT2D eigenvalue weighted by Crippen LogP contribution is 2.07. The topological polar surface area (TPSA) is 49.6 Å². The molecule has 0 radical (unpaired) electrons. The lowest BCUT2D eigenvalue weighted by Crippen LogP contribution is -2.41. The van der Waals surface area contributed by atoms with Crippen LogP contribution in [0.3, 0.4) is 0 Å². The molecule has 82 valence electrons. The van der Waals surface area contributed by atoms with Crippen molar-refractivity contribution in [1.82, 2.24) is 9.80 Å². The minimum absolute atomic E-state index is 0.131. The minimum Gasteiger partial charge on any atom is -0.342 e. The SMILES string of the molecule is CC(N)CN(C)CC(=O)N1CCCC1. The minimum atomic E-state index is 0.131. The maximum Gasteiger partial charge on any atom is 0.236 e. The highest BCUT2D eigenvalue weighted by molar-refractivity contribution is 5.78. The van der Waals surface area contributed by atoms with Crippen LogP contribution in [0.4, 0.5) is 0 Å². The van der Waals surface area contributed by atoms with Crippen LogP contribution < -0.4 is 5.73 Å². The van der Waals surface area contributed by atoms with Crippen molar-refractivity contribution in [3.05, 3.63) is 0 Å². The van der Waals surface area contributed by atoms with E-state index in [2.05, 4.69) is 0 Å². The molecule has 4 nitrogen and oxygen atoms in total. The van der Waals surface area contributed by atoms with Gasteiger partial charge in [-0.3, -0.25) is 9.69 Å². The fourth-order valence-electron chi connectivity index (χ4n) is 1.85. The van der Waals surface area contributed by atoms with Gasteiger partial charge in [0.15, 0.2) is 0 Å². The van der Waals surface area contributed by atoms with E-state index in [1.165, 1.54) is 0 Å². The maximum atomic E-state index is 11.7. The van der Waals surface area contributed by atoms with Gasteiger partial charge in [0.05, 0.1) is 6.54 Å². The van der Waals surface area contributed by atoms with Crippen molar-refractivity contribution in [2.75, 3.05) is 33.2 Å². The predicted molar refractivity (Wildman–Crippen MR) is 57.0 cm³/mol. The Kier molecular flexibility index (Phi) is 4.35. The van der Waals surface area contributed by atoms with Crippen LogP contribution in [0.2, 0.25) is 0 Å². The number of likely N-dealkylation sites (tertiary alicyclic amines) is 1. The standard InChI is InChI=1S/C10H21N3O/c1-9(11)7-12(2)8-10(14)13-5-3-4-6-13/h9H,3-8,11H2,1-2H3. The molecule has 0 aliphatic carbocycles. The molecule has 1 saturated heterocycles. The highest BCUT2D eigenvalue weighted by Gasteiger charge is 2.18. The molecule has 1 amide bonds. The van der Waals surface area contributed by atoms with E-state index in [1.807, 2.05) is 23.8 Å². The normalized spacial score (nSPS) is 19.0. The highest BCUT2D eigenvalue weighted by atomic mass is 16.2. The fraction of sp³-hybridized carbons (Fsp3) is 0.900. The summed E-state index contributed by atoms with van der Waals surface area (Å²) in [6, 6.07) is 0.131. The van der Waals surface area contributed by atoms with Gasteiger partial charge in [-0.2, -0.15) is 0 Å². The molecule has 1 aliphatic rings. The summed E-state index contributed by atoms with van der Waals surface area (Å²) in [7, 11) is 1.94. The lowest BCUT2D eigenvalue weighted by molar-refractivity contribution is -0.131. The predicted octanol–water partition coefficient (Wildman–Crippen LogP) is -0.112. The van der Waals surface area contributed by atoms with Crippen LogP contribution in [0.15, 0.2) is 0 Å². The van der Waals surface area contributed by atoms with E-state index in [9.17, 15) is 4.79 Å². The number of nitrogens with zero attached hydrogens (tertiary/aromatic N) is 2. The van der Waals surface area contributed by atoms with Gasteiger partial charge in [-0.1, -0.05) is 0 Å². The zero-order valence-corrected chi connectivity index (χ0v) is 9.20. The molecule has 1 fully saturated rings. The van der Waals surface area contributed by atoms with Gasteiger partial charge >= 0.3 is 0 Å². The van der Waals surface area contributed by atoms with Crippen LogP contribution in [-0.2, 0) is 4.79 Å². The van der Waals surface area contributed by atoms with E-state index in [1.54, 1.807) is 0 Å². The van der Waals surface area contributed by atoms with Crippen molar-refractivity contribution in [2.24, 2.45) is 5.73 Å². The molecule has 1 atom stereocenters. The van der Waals surface area contributed by atoms with Gasteiger partial charge in [-0.25, -0.2) is 0 Å². The largest absolute Gasteiger partial charge is 0.342 e. The first-order valence-corrected chi connectivity index (χ1v) is 5.31. The summed E-state index contributed by atoms with van der Waals surface area (Å²) >= 11 is 0. The Labute approximate surface area is 86.0 Å². The second-order valence-electron chi connectivity index (χ2n) is 4.26. The van der Waals surface area contributed by atoms with Crippen molar-refractivity contribution >= 4 is 5.91 Å². The third-order valence-corrected chi connectivity index (χ3v) is 2.46. The molecule has 1 rings (SSSR count). The number of hydrogen-bond acceptors (Lipinski definition) is 3. The molecule has 4 heteroatoms. The zero-order valence-electron chi connectivity index (χ0n) is 9.20. The molecule has 0 saturated carbocycles. The molecule has 0 aromatic rings. The first-order chi connectivity index (χ1) is 6.59. The summed E-state index contributed by atoms with van der Waals surface area (Å²) in [4.78, 5) is 15.6. The Morgan fingerprint density at radius 2 is 2.07 bits per heavy atom. The molecule has 0 spiro atoms.